The van der Waals surface area contributed by atoms with Gasteiger partial charge >= 0.3 is 12.1 Å². The Bertz CT molecular complexity index is 1010. The van der Waals surface area contributed by atoms with Crippen molar-refractivity contribution in [2.75, 3.05) is 6.54 Å². The summed E-state index contributed by atoms with van der Waals surface area (Å²) in [5.74, 6) is -10.2. The van der Waals surface area contributed by atoms with E-state index in [9.17, 15) is 46.4 Å². The highest BCUT2D eigenvalue weighted by atomic mass is 19.4. The van der Waals surface area contributed by atoms with Gasteiger partial charge in [0.1, 0.15) is 18.1 Å². The fraction of sp³-hybridized carbons (Fsp3) is 0.792. The lowest BCUT2D eigenvalue weighted by Gasteiger charge is -2.54. The molecule has 5 aliphatic rings. The van der Waals surface area contributed by atoms with Gasteiger partial charge in [0.25, 0.3) is 5.92 Å². The molecular weight excluding hydrogens is 517 g/mol. The summed E-state index contributed by atoms with van der Waals surface area (Å²) in [6.07, 6.45) is -3.56. The molecule has 0 unspecified atom stereocenters. The van der Waals surface area contributed by atoms with Crippen molar-refractivity contribution in [3.8, 4) is 6.07 Å². The molecule has 0 aromatic heterocycles. The molecule has 0 spiro atoms. The Morgan fingerprint density at radius 2 is 1.82 bits per heavy atom. The van der Waals surface area contributed by atoms with Gasteiger partial charge in [-0.05, 0) is 38.0 Å². The fourth-order valence-corrected chi connectivity index (χ4v) is 6.08. The maximum absolute atomic E-state index is 14.9. The summed E-state index contributed by atoms with van der Waals surface area (Å²) in [5, 5.41) is 16.3. The minimum atomic E-state index is -5.25. The number of piperidine rings is 2. The summed E-state index contributed by atoms with van der Waals surface area (Å²) in [6, 6.07) is -3.83. The second kappa shape index (κ2) is 10.6. The first-order valence-corrected chi connectivity index (χ1v) is 12.9. The SMILES string of the molecule is N#C[C@@H](C[C@@H]1CCNC1=O)NC(=O)[C@H]1[C@@H]2CC[C@@H](CC2(F)F)N1C(=O)[C@H](CC1CCC1)NC(=O)C(F)(F)F. The third-order valence-electron chi connectivity index (χ3n) is 8.27. The van der Waals surface area contributed by atoms with Crippen LogP contribution >= 0.6 is 0 Å². The lowest BCUT2D eigenvalue weighted by atomic mass is 9.71. The van der Waals surface area contributed by atoms with Gasteiger partial charge in [-0.2, -0.15) is 18.4 Å². The largest absolute Gasteiger partial charge is 0.471 e. The summed E-state index contributed by atoms with van der Waals surface area (Å²) >= 11 is 0. The molecule has 2 saturated carbocycles. The Morgan fingerprint density at radius 3 is 2.34 bits per heavy atom. The molecule has 4 amide bonds. The average molecular weight is 548 g/mol. The lowest BCUT2D eigenvalue weighted by Crippen LogP contribution is -2.71. The van der Waals surface area contributed by atoms with Gasteiger partial charge in [-0.1, -0.05) is 19.3 Å². The topological polar surface area (TPSA) is 131 Å². The van der Waals surface area contributed by atoms with Gasteiger partial charge in [0.15, 0.2) is 0 Å². The third kappa shape index (κ3) is 5.71. The zero-order valence-corrected chi connectivity index (χ0v) is 20.5. The van der Waals surface area contributed by atoms with Gasteiger partial charge in [-0.25, -0.2) is 8.78 Å². The van der Waals surface area contributed by atoms with Crippen LogP contribution in [0.5, 0.6) is 0 Å². The van der Waals surface area contributed by atoms with Crippen LogP contribution in [0.25, 0.3) is 0 Å². The molecule has 14 heteroatoms. The standard InChI is InChI=1S/C24H30F5N5O4/c25-23(26)10-15-4-5-16(23)18(20(36)32-14(11-30)9-13-6-7-31-19(13)35)34(15)21(37)17(8-12-2-1-3-12)33-22(38)24(27,28)29/h12-18H,1-10H2,(H,31,35)(H,32,36)(H,33,38)/t13-,14+,15-,16-,17-,18+/m0/s1. The summed E-state index contributed by atoms with van der Waals surface area (Å²) in [4.78, 5) is 51.5. The molecule has 3 N–H and O–H groups in total. The maximum atomic E-state index is 14.9. The number of carbonyl (C=O) groups is 4. The first kappa shape index (κ1) is 28.0. The van der Waals surface area contributed by atoms with Crippen LogP contribution < -0.4 is 16.0 Å². The number of nitrogens with zero attached hydrogens (tertiary/aromatic N) is 2. The molecule has 6 atom stereocenters. The first-order valence-electron chi connectivity index (χ1n) is 12.9. The Kier molecular flexibility index (Phi) is 7.86. The molecule has 0 aromatic carbocycles. The van der Waals surface area contributed by atoms with Gasteiger partial charge < -0.3 is 20.9 Å². The van der Waals surface area contributed by atoms with Crippen LogP contribution in [-0.2, 0) is 19.2 Å². The predicted octanol–water partition coefficient (Wildman–Crippen LogP) is 1.77. The number of fused-ring (bicyclic) bond motifs is 3. The van der Waals surface area contributed by atoms with Crippen molar-refractivity contribution in [3.05, 3.63) is 0 Å². The molecule has 210 valence electrons. The van der Waals surface area contributed by atoms with E-state index in [1.54, 1.807) is 5.32 Å². The number of hydrogen-bond acceptors (Lipinski definition) is 5. The summed E-state index contributed by atoms with van der Waals surface area (Å²) in [6.45, 7) is 0.405. The Morgan fingerprint density at radius 1 is 1.11 bits per heavy atom. The van der Waals surface area contributed by atoms with E-state index in [4.69, 9.17) is 0 Å². The van der Waals surface area contributed by atoms with E-state index >= 15 is 0 Å². The molecule has 5 fully saturated rings. The van der Waals surface area contributed by atoms with Gasteiger partial charge in [0, 0.05) is 24.9 Å². The highest BCUT2D eigenvalue weighted by Crippen LogP contribution is 2.49. The van der Waals surface area contributed by atoms with Crippen LogP contribution in [0, 0.1) is 29.1 Å². The van der Waals surface area contributed by atoms with E-state index in [0.717, 1.165) is 11.3 Å². The van der Waals surface area contributed by atoms with E-state index in [0.29, 0.717) is 25.8 Å². The molecule has 0 radical (unpaired) electrons. The zero-order valence-electron chi connectivity index (χ0n) is 20.5. The van der Waals surface area contributed by atoms with E-state index in [1.165, 1.54) is 0 Å². The normalized spacial score (nSPS) is 30.0. The first-order chi connectivity index (χ1) is 17.8. The van der Waals surface area contributed by atoms with Crippen LogP contribution in [-0.4, -0.2) is 71.3 Å². The Hall–Kier alpha value is -2.98. The van der Waals surface area contributed by atoms with E-state index in [-0.39, 0.29) is 37.5 Å². The molecule has 3 saturated heterocycles. The van der Waals surface area contributed by atoms with Crippen molar-refractivity contribution in [2.45, 2.75) is 94.1 Å². The molecular formula is C24H30F5N5O4. The van der Waals surface area contributed by atoms with Crippen LogP contribution in [0.15, 0.2) is 0 Å². The zero-order chi connectivity index (χ0) is 27.8. The average Bonchev–Trinajstić information content (AvgIpc) is 3.21. The minimum Gasteiger partial charge on any atom is -0.356 e. The van der Waals surface area contributed by atoms with Gasteiger partial charge in [0.05, 0.1) is 12.0 Å². The maximum Gasteiger partial charge on any atom is 0.471 e. The summed E-state index contributed by atoms with van der Waals surface area (Å²) in [7, 11) is 0. The van der Waals surface area contributed by atoms with Crippen molar-refractivity contribution in [2.24, 2.45) is 17.8 Å². The third-order valence-corrected chi connectivity index (χ3v) is 8.27. The quantitative estimate of drug-likeness (QED) is 0.399. The molecule has 0 aromatic rings. The number of nitriles is 1. The number of halogens is 5. The smallest absolute Gasteiger partial charge is 0.356 e. The number of rotatable bonds is 8. The Labute approximate surface area is 215 Å². The van der Waals surface area contributed by atoms with Crippen molar-refractivity contribution in [1.29, 1.82) is 5.26 Å². The molecule has 3 aliphatic heterocycles. The van der Waals surface area contributed by atoms with Gasteiger partial charge in [-0.3, -0.25) is 19.2 Å². The summed E-state index contributed by atoms with van der Waals surface area (Å²) in [5.41, 5.74) is 0. The molecule has 3 heterocycles. The predicted molar refractivity (Wildman–Crippen MR) is 120 cm³/mol. The van der Waals surface area contributed by atoms with Crippen LogP contribution in [0.3, 0.4) is 0 Å². The van der Waals surface area contributed by atoms with E-state index in [2.05, 4.69) is 10.6 Å². The lowest BCUT2D eigenvalue weighted by molar-refractivity contribution is -0.196. The molecule has 38 heavy (non-hydrogen) atoms. The van der Waals surface area contributed by atoms with Gasteiger partial charge in [-0.15, -0.1) is 0 Å². The van der Waals surface area contributed by atoms with Gasteiger partial charge in [0.2, 0.25) is 17.7 Å². The fourth-order valence-electron chi connectivity index (χ4n) is 6.08. The highest BCUT2D eigenvalue weighted by molar-refractivity contribution is 5.94. The van der Waals surface area contributed by atoms with Crippen molar-refractivity contribution in [3.63, 3.8) is 0 Å². The number of carbonyl (C=O) groups excluding carboxylic acids is 4. The van der Waals surface area contributed by atoms with E-state index in [1.807, 2.05) is 6.07 Å². The van der Waals surface area contributed by atoms with Crippen molar-refractivity contribution < 1.29 is 41.1 Å². The number of nitrogens with one attached hydrogen (secondary N) is 3. The molecule has 2 bridgehead atoms. The van der Waals surface area contributed by atoms with Crippen molar-refractivity contribution in [1.82, 2.24) is 20.9 Å². The minimum absolute atomic E-state index is 0.0504. The molecule has 2 aliphatic carbocycles. The second-order valence-corrected chi connectivity index (χ2v) is 10.8. The molecule has 9 nitrogen and oxygen atoms in total. The number of alkyl halides is 5. The van der Waals surface area contributed by atoms with E-state index < -0.39 is 72.2 Å². The number of hydrogen-bond donors (Lipinski definition) is 3. The van der Waals surface area contributed by atoms with Crippen LogP contribution in [0.4, 0.5) is 22.0 Å². The van der Waals surface area contributed by atoms with Crippen LogP contribution in [0.2, 0.25) is 0 Å². The van der Waals surface area contributed by atoms with Crippen LogP contribution in [0.1, 0.15) is 57.8 Å². The summed E-state index contributed by atoms with van der Waals surface area (Å²) < 4.78 is 68.9. The highest BCUT2D eigenvalue weighted by Gasteiger charge is 2.61. The number of amides is 4. The Balaban J connectivity index is 1.58. The van der Waals surface area contributed by atoms with Crippen molar-refractivity contribution >= 4 is 23.6 Å². The monoisotopic (exact) mass is 547 g/mol. The second-order valence-electron chi connectivity index (χ2n) is 10.8. The molecule has 5 rings (SSSR count).